The van der Waals surface area contributed by atoms with E-state index in [0.717, 1.165) is 32.1 Å². The summed E-state index contributed by atoms with van der Waals surface area (Å²) in [7, 11) is 1.47. The molecule has 4 fully saturated rings. The Bertz CT molecular complexity index is 824. The monoisotopic (exact) mass is 490 g/mol. The molecule has 0 spiro atoms. The summed E-state index contributed by atoms with van der Waals surface area (Å²) >= 11 is 0. The molecular weight excluding hydrogens is 444 g/mol. The Balaban J connectivity index is 1.57. The maximum absolute atomic E-state index is 12.2. The topological polar surface area (TPSA) is 78.9 Å². The van der Waals surface area contributed by atoms with E-state index in [2.05, 4.69) is 20.8 Å². The highest BCUT2D eigenvalue weighted by molar-refractivity contribution is 5.69. The van der Waals surface area contributed by atoms with Crippen molar-refractivity contribution in [2.45, 2.75) is 111 Å². The molecule has 6 nitrogen and oxygen atoms in total. The second kappa shape index (κ2) is 10.0. The van der Waals surface area contributed by atoms with Gasteiger partial charge in [0.25, 0.3) is 0 Å². The third-order valence-corrected chi connectivity index (χ3v) is 11.1. The van der Waals surface area contributed by atoms with Gasteiger partial charge in [0.2, 0.25) is 0 Å². The van der Waals surface area contributed by atoms with Crippen molar-refractivity contribution in [3.63, 3.8) is 0 Å². The number of carbonyl (C=O) groups is 3. The fourth-order valence-electron chi connectivity index (χ4n) is 9.46. The Hall–Kier alpha value is -1.59. The summed E-state index contributed by atoms with van der Waals surface area (Å²) in [6, 6.07) is 0. The number of fused-ring (bicyclic) bond motifs is 5. The molecule has 0 aliphatic heterocycles. The number of hydrogen-bond acceptors (Lipinski definition) is 6. The van der Waals surface area contributed by atoms with E-state index in [9.17, 15) is 14.4 Å². The van der Waals surface area contributed by atoms with E-state index in [1.807, 2.05) is 0 Å². The van der Waals surface area contributed by atoms with Crippen molar-refractivity contribution in [2.24, 2.45) is 46.3 Å². The van der Waals surface area contributed by atoms with E-state index in [-0.39, 0.29) is 40.9 Å². The Labute approximate surface area is 211 Å². The van der Waals surface area contributed by atoms with Gasteiger partial charge in [-0.3, -0.25) is 14.4 Å². The van der Waals surface area contributed by atoms with E-state index < -0.39 is 0 Å². The zero-order valence-corrected chi connectivity index (χ0v) is 22.6. The van der Waals surface area contributed by atoms with E-state index >= 15 is 0 Å². The van der Waals surface area contributed by atoms with Crippen molar-refractivity contribution in [2.75, 3.05) is 7.11 Å². The minimum Gasteiger partial charge on any atom is -0.469 e. The minimum absolute atomic E-state index is 0.0134. The first kappa shape index (κ1) is 26.5. The first-order valence-electron chi connectivity index (χ1n) is 13.9. The number of rotatable bonds is 6. The maximum Gasteiger partial charge on any atom is 0.305 e. The first-order chi connectivity index (χ1) is 16.5. The van der Waals surface area contributed by atoms with Crippen LogP contribution in [0.2, 0.25) is 0 Å². The minimum atomic E-state index is -0.199. The van der Waals surface area contributed by atoms with Crippen LogP contribution in [0.3, 0.4) is 0 Å². The average molecular weight is 491 g/mol. The largest absolute Gasteiger partial charge is 0.469 e. The molecule has 4 saturated carbocycles. The van der Waals surface area contributed by atoms with Gasteiger partial charge in [0.15, 0.2) is 0 Å². The second-order valence-corrected chi connectivity index (χ2v) is 12.7. The molecule has 0 unspecified atom stereocenters. The van der Waals surface area contributed by atoms with Crippen LogP contribution in [-0.4, -0.2) is 37.2 Å². The summed E-state index contributed by atoms with van der Waals surface area (Å²) < 4.78 is 16.6. The van der Waals surface area contributed by atoms with Gasteiger partial charge in [-0.15, -0.1) is 0 Å². The van der Waals surface area contributed by atoms with Gasteiger partial charge in [0.1, 0.15) is 12.2 Å². The zero-order valence-electron chi connectivity index (χ0n) is 22.6. The van der Waals surface area contributed by atoms with E-state index in [1.165, 1.54) is 39.7 Å². The number of ether oxygens (including phenoxy) is 3. The fourth-order valence-corrected chi connectivity index (χ4v) is 9.46. The van der Waals surface area contributed by atoms with Gasteiger partial charge in [-0.1, -0.05) is 20.8 Å². The summed E-state index contributed by atoms with van der Waals surface area (Å²) in [5.41, 5.74) is 0.418. The van der Waals surface area contributed by atoms with Crippen LogP contribution in [0.5, 0.6) is 0 Å². The Morgan fingerprint density at radius 1 is 0.886 bits per heavy atom. The van der Waals surface area contributed by atoms with Crippen LogP contribution in [0.1, 0.15) is 98.8 Å². The van der Waals surface area contributed by atoms with Gasteiger partial charge in [-0.25, -0.2) is 0 Å². The molecular formula is C29H46O6. The van der Waals surface area contributed by atoms with Gasteiger partial charge in [-0.05, 0) is 98.2 Å². The predicted octanol–water partition coefficient (Wildman–Crippen LogP) is 5.71. The van der Waals surface area contributed by atoms with Crippen LogP contribution in [0.25, 0.3) is 0 Å². The van der Waals surface area contributed by atoms with Crippen molar-refractivity contribution in [3.05, 3.63) is 0 Å². The molecule has 0 radical (unpaired) electrons. The van der Waals surface area contributed by atoms with E-state index in [0.29, 0.717) is 41.9 Å². The van der Waals surface area contributed by atoms with Gasteiger partial charge in [-0.2, -0.15) is 0 Å². The number of methoxy groups -OCH3 is 1. The number of hydrogen-bond donors (Lipinski definition) is 0. The van der Waals surface area contributed by atoms with Gasteiger partial charge >= 0.3 is 17.9 Å². The van der Waals surface area contributed by atoms with Gasteiger partial charge < -0.3 is 14.2 Å². The molecule has 0 aromatic heterocycles. The summed E-state index contributed by atoms with van der Waals surface area (Å²) in [6.07, 6.45) is 9.80. The summed E-state index contributed by atoms with van der Waals surface area (Å²) in [5, 5.41) is 0. The van der Waals surface area contributed by atoms with Crippen LogP contribution in [0.4, 0.5) is 0 Å². The normalized spacial score (nSPS) is 43.2. The highest BCUT2D eigenvalue weighted by atomic mass is 16.5. The predicted molar refractivity (Wildman–Crippen MR) is 132 cm³/mol. The van der Waals surface area contributed by atoms with Crippen LogP contribution < -0.4 is 0 Å². The summed E-state index contributed by atoms with van der Waals surface area (Å²) in [4.78, 5) is 35.6. The molecule has 0 bridgehead atoms. The maximum atomic E-state index is 12.2. The molecule has 0 heterocycles. The standard InChI is InChI=1S/C29H46O6/c1-17(7-10-26(32)33-6)22-8-9-23-27-24(12-14-29(22,23)5)28(4)13-11-21(34-18(2)30)15-20(28)16-25(27)35-19(3)31/h17,20-25,27H,7-16H2,1-6H3/t17-,20+,21-,22+,23-,24-,25-,27-,28-,29+/m0/s1. The molecule has 35 heavy (non-hydrogen) atoms. The third kappa shape index (κ3) is 4.87. The lowest BCUT2D eigenvalue weighted by molar-refractivity contribution is -0.197. The molecule has 0 amide bonds. The van der Waals surface area contributed by atoms with Crippen LogP contribution in [0, 0.1) is 46.3 Å². The lowest BCUT2D eigenvalue weighted by Gasteiger charge is -2.62. The highest BCUT2D eigenvalue weighted by Crippen LogP contribution is 2.68. The van der Waals surface area contributed by atoms with E-state index in [1.54, 1.807) is 6.92 Å². The Morgan fingerprint density at radius 2 is 1.54 bits per heavy atom. The molecule has 198 valence electrons. The second-order valence-electron chi connectivity index (χ2n) is 12.7. The lowest BCUT2D eigenvalue weighted by Crippen LogP contribution is -2.59. The molecule has 4 aliphatic rings. The van der Waals surface area contributed by atoms with Gasteiger partial charge in [0, 0.05) is 26.2 Å². The lowest BCUT2D eigenvalue weighted by atomic mass is 9.43. The first-order valence-corrected chi connectivity index (χ1v) is 13.9. The quantitative estimate of drug-likeness (QED) is 0.351. The molecule has 0 aromatic carbocycles. The van der Waals surface area contributed by atoms with Gasteiger partial charge in [0.05, 0.1) is 7.11 Å². The molecule has 10 atom stereocenters. The van der Waals surface area contributed by atoms with Crippen LogP contribution >= 0.6 is 0 Å². The highest BCUT2D eigenvalue weighted by Gasteiger charge is 2.63. The third-order valence-electron chi connectivity index (χ3n) is 11.1. The number of carbonyl (C=O) groups excluding carboxylic acids is 3. The zero-order chi connectivity index (χ0) is 25.5. The Morgan fingerprint density at radius 3 is 2.20 bits per heavy atom. The summed E-state index contributed by atoms with van der Waals surface area (Å²) in [6.45, 7) is 10.3. The van der Waals surface area contributed by atoms with E-state index in [4.69, 9.17) is 14.2 Å². The van der Waals surface area contributed by atoms with Crippen LogP contribution in [0.15, 0.2) is 0 Å². The Kier molecular flexibility index (Phi) is 7.60. The molecule has 4 rings (SSSR count). The molecule has 0 saturated heterocycles. The van der Waals surface area contributed by atoms with Crippen molar-refractivity contribution < 1.29 is 28.6 Å². The molecule has 0 N–H and O–H groups in total. The average Bonchev–Trinajstić information content (AvgIpc) is 3.14. The van der Waals surface area contributed by atoms with Crippen LogP contribution in [-0.2, 0) is 28.6 Å². The summed E-state index contributed by atoms with van der Waals surface area (Å²) in [5.74, 6) is 2.43. The fraction of sp³-hybridized carbons (Fsp3) is 0.897. The molecule has 4 aliphatic carbocycles. The number of esters is 3. The smallest absolute Gasteiger partial charge is 0.305 e. The SMILES string of the molecule is COC(=O)CC[C@H](C)[C@H]1CC[C@H]2[C@@H]3[C@@H](OC(C)=O)C[C@H]4C[C@@H](OC(C)=O)CC[C@]4(C)[C@H]3CC[C@]12C. The van der Waals surface area contributed by atoms with Crippen molar-refractivity contribution in [1.29, 1.82) is 0 Å². The molecule has 6 heteroatoms. The molecule has 0 aromatic rings. The van der Waals surface area contributed by atoms with Crippen molar-refractivity contribution in [1.82, 2.24) is 0 Å². The van der Waals surface area contributed by atoms with Crippen molar-refractivity contribution >= 4 is 17.9 Å². The van der Waals surface area contributed by atoms with Crippen molar-refractivity contribution in [3.8, 4) is 0 Å².